The minimum atomic E-state index is -4.69. The molecule has 0 aromatic heterocycles. The van der Waals surface area contributed by atoms with Gasteiger partial charge < -0.3 is 28.5 Å². The second-order valence-corrected chi connectivity index (χ2v) is 24.7. The van der Waals surface area contributed by atoms with E-state index in [1.54, 1.807) is 0 Å². The molecule has 10 heteroatoms. The van der Waals surface area contributed by atoms with Gasteiger partial charge in [0.15, 0.2) is 0 Å². The predicted octanol–water partition coefficient (Wildman–Crippen LogP) is 19.3. The lowest BCUT2D eigenvalue weighted by Crippen LogP contribution is -2.47. The zero-order valence-corrected chi connectivity index (χ0v) is 51.4. The zero-order chi connectivity index (χ0) is 55.0. The molecule has 0 saturated heterocycles. The second kappa shape index (κ2) is 55.5. The van der Waals surface area contributed by atoms with Crippen LogP contribution in [0.5, 0.6) is 0 Å². The number of ether oxygens (including phenoxy) is 1. The first-order valence-corrected chi connectivity index (χ1v) is 33.8. The molecule has 0 bridgehead atoms. The van der Waals surface area contributed by atoms with Gasteiger partial charge in [-0.25, -0.2) is 0 Å². The molecule has 3 unspecified atom stereocenters. The van der Waals surface area contributed by atoms with Crippen molar-refractivity contribution in [3.8, 4) is 0 Å². The molecule has 9 nitrogen and oxygen atoms in total. The van der Waals surface area contributed by atoms with Gasteiger partial charge in [0, 0.05) is 12.8 Å². The quantitative estimate of drug-likeness (QED) is 0.0212. The highest BCUT2D eigenvalue weighted by molar-refractivity contribution is 7.45. The Hall–Kier alpha value is -1.77. The van der Waals surface area contributed by atoms with E-state index in [0.29, 0.717) is 17.4 Å². The van der Waals surface area contributed by atoms with Crippen LogP contribution in [0.3, 0.4) is 0 Å². The fourth-order valence-electron chi connectivity index (χ4n) is 9.55. The van der Waals surface area contributed by atoms with Gasteiger partial charge in [-0.3, -0.25) is 14.2 Å². The SMILES string of the molecule is CCCCC/C=C\C/C=C\CCCCCCCCCCCCCCCCCCCC(=O)OC(/C=C\CCCCCCCCCCC)C(COP(=O)([O-])OCC[N+](C)(C)C)NC(=O)CCCCCCCCCCCCC. The highest BCUT2D eigenvalue weighted by Crippen LogP contribution is 2.38. The molecule has 0 aliphatic heterocycles. The first kappa shape index (κ1) is 73.2. The summed E-state index contributed by atoms with van der Waals surface area (Å²) in [4.78, 5) is 39.9. The van der Waals surface area contributed by atoms with Crippen LogP contribution in [0.2, 0.25) is 0 Å². The van der Waals surface area contributed by atoms with Crippen LogP contribution in [0.1, 0.15) is 316 Å². The third kappa shape index (κ3) is 56.8. The van der Waals surface area contributed by atoms with Gasteiger partial charge in [0.1, 0.15) is 19.3 Å². The average molecular weight is 1080 g/mol. The number of phosphoric ester groups is 1. The van der Waals surface area contributed by atoms with Crippen molar-refractivity contribution < 1.29 is 37.3 Å². The Morgan fingerprint density at radius 1 is 0.467 bits per heavy atom. The molecule has 0 aliphatic rings. The lowest BCUT2D eigenvalue weighted by molar-refractivity contribution is -0.870. The van der Waals surface area contributed by atoms with Crippen molar-refractivity contribution in [3.63, 3.8) is 0 Å². The highest BCUT2D eigenvalue weighted by atomic mass is 31.2. The summed E-state index contributed by atoms with van der Waals surface area (Å²) in [5.41, 5.74) is 0. The van der Waals surface area contributed by atoms with E-state index in [9.17, 15) is 19.0 Å². The highest BCUT2D eigenvalue weighted by Gasteiger charge is 2.27. The lowest BCUT2D eigenvalue weighted by atomic mass is 10.0. The van der Waals surface area contributed by atoms with Gasteiger partial charge in [-0.1, -0.05) is 276 Å². The molecule has 0 saturated carbocycles. The molecule has 1 amide bonds. The predicted molar refractivity (Wildman–Crippen MR) is 321 cm³/mol. The summed E-state index contributed by atoms with van der Waals surface area (Å²) >= 11 is 0. The maximum atomic E-state index is 13.5. The number of nitrogens with one attached hydrogen (secondary N) is 1. The Kier molecular flexibility index (Phi) is 54.2. The van der Waals surface area contributed by atoms with Crippen molar-refractivity contribution in [2.75, 3.05) is 40.9 Å². The Morgan fingerprint density at radius 3 is 1.23 bits per heavy atom. The molecule has 0 radical (unpaired) electrons. The number of hydrogen-bond acceptors (Lipinski definition) is 7. The minimum absolute atomic E-state index is 0.0191. The van der Waals surface area contributed by atoms with Crippen molar-refractivity contribution in [2.45, 2.75) is 328 Å². The maximum Gasteiger partial charge on any atom is 0.306 e. The number of quaternary nitrogens is 1. The van der Waals surface area contributed by atoms with E-state index in [-0.39, 0.29) is 31.5 Å². The minimum Gasteiger partial charge on any atom is -0.756 e. The van der Waals surface area contributed by atoms with E-state index in [4.69, 9.17) is 13.8 Å². The smallest absolute Gasteiger partial charge is 0.306 e. The Bertz CT molecular complexity index is 1380. The summed E-state index contributed by atoms with van der Waals surface area (Å²) in [7, 11) is 1.20. The third-order valence-corrected chi connectivity index (χ3v) is 15.5. The van der Waals surface area contributed by atoms with Crippen molar-refractivity contribution in [1.29, 1.82) is 0 Å². The summed E-state index contributed by atoms with van der Waals surface area (Å²) in [6.45, 7) is 6.84. The van der Waals surface area contributed by atoms with Crippen LogP contribution in [0.15, 0.2) is 36.5 Å². The van der Waals surface area contributed by atoms with E-state index in [0.717, 1.165) is 64.2 Å². The van der Waals surface area contributed by atoms with Crippen LogP contribution in [0.25, 0.3) is 0 Å². The number of carbonyl (C=O) groups excluding carboxylic acids is 2. The van der Waals surface area contributed by atoms with Gasteiger partial charge in [0.2, 0.25) is 5.91 Å². The molecule has 1 N–H and O–H groups in total. The Balaban J connectivity index is 4.92. The number of phosphoric acid groups is 1. The molecule has 0 fully saturated rings. The summed E-state index contributed by atoms with van der Waals surface area (Å²) in [5, 5.41) is 3.02. The fourth-order valence-corrected chi connectivity index (χ4v) is 10.3. The summed E-state index contributed by atoms with van der Waals surface area (Å²) in [6.07, 6.45) is 67.0. The van der Waals surface area contributed by atoms with Crippen LogP contribution in [0, 0.1) is 0 Å². The van der Waals surface area contributed by atoms with E-state index >= 15 is 0 Å². The summed E-state index contributed by atoms with van der Waals surface area (Å²) in [6, 6.07) is -0.881. The monoisotopic (exact) mass is 1080 g/mol. The number of rotatable bonds is 59. The number of esters is 1. The average Bonchev–Trinajstić information content (AvgIpc) is 3.37. The zero-order valence-electron chi connectivity index (χ0n) is 50.5. The van der Waals surface area contributed by atoms with E-state index in [1.165, 1.54) is 218 Å². The molecular weight excluding hydrogens is 952 g/mol. The number of allylic oxidation sites excluding steroid dienone is 5. The van der Waals surface area contributed by atoms with Crippen LogP contribution in [-0.2, 0) is 27.9 Å². The second-order valence-electron chi connectivity index (χ2n) is 23.3. The third-order valence-electron chi connectivity index (χ3n) is 14.6. The summed E-state index contributed by atoms with van der Waals surface area (Å²) in [5.74, 6) is -0.528. The van der Waals surface area contributed by atoms with Crippen molar-refractivity contribution in [2.24, 2.45) is 0 Å². The van der Waals surface area contributed by atoms with Gasteiger partial charge in [-0.15, -0.1) is 0 Å². The van der Waals surface area contributed by atoms with Gasteiger partial charge >= 0.3 is 5.97 Å². The fraction of sp³-hybridized carbons (Fsp3) is 0.877. The molecule has 0 heterocycles. The molecule has 75 heavy (non-hydrogen) atoms. The molecule has 3 atom stereocenters. The standard InChI is InChI=1S/C65H125N2O7P/c1-7-10-13-16-19-22-25-26-27-28-29-30-31-32-33-34-35-36-37-38-39-40-43-46-49-52-55-58-65(69)74-63(56-53-50-47-44-41-23-20-17-14-11-8-2)62(61-73-75(70,71)72-60-59-67(4,5)6)66-64(68)57-54-51-48-45-42-24-21-18-15-12-9-3/h19,22,26-27,53,56,62-63H,7-18,20-21,23-25,28-52,54-55,57-61H2,1-6H3,(H-,66,68,70,71)/b22-19-,27-26-,56-53-. The van der Waals surface area contributed by atoms with E-state index < -0.39 is 20.0 Å². The van der Waals surface area contributed by atoms with Crippen LogP contribution < -0.4 is 10.2 Å². The van der Waals surface area contributed by atoms with Gasteiger partial charge in [-0.2, -0.15) is 0 Å². The van der Waals surface area contributed by atoms with Crippen molar-refractivity contribution in [3.05, 3.63) is 36.5 Å². The summed E-state index contributed by atoms with van der Waals surface area (Å²) < 4.78 is 30.3. The first-order valence-electron chi connectivity index (χ1n) is 32.3. The lowest BCUT2D eigenvalue weighted by Gasteiger charge is -2.30. The Labute approximate surface area is 466 Å². The van der Waals surface area contributed by atoms with Gasteiger partial charge in [-0.05, 0) is 63.9 Å². The number of likely N-dealkylation sites (N-methyl/N-ethyl adjacent to an activating group) is 1. The molecule has 0 aromatic carbocycles. The van der Waals surface area contributed by atoms with Crippen molar-refractivity contribution in [1.82, 2.24) is 5.32 Å². The van der Waals surface area contributed by atoms with E-state index in [1.807, 2.05) is 33.3 Å². The normalized spacial score (nSPS) is 13.9. The first-order chi connectivity index (χ1) is 36.4. The van der Waals surface area contributed by atoms with Crippen LogP contribution >= 0.6 is 7.82 Å². The molecule has 0 aromatic rings. The molecule has 0 spiro atoms. The number of nitrogens with zero attached hydrogens (tertiary/aromatic N) is 1. The molecule has 0 rings (SSSR count). The van der Waals surface area contributed by atoms with Crippen molar-refractivity contribution >= 4 is 19.7 Å². The number of carbonyl (C=O) groups is 2. The Morgan fingerprint density at radius 2 is 0.813 bits per heavy atom. The van der Waals surface area contributed by atoms with Crippen LogP contribution in [-0.4, -0.2) is 69.4 Å². The number of unbranched alkanes of at least 4 members (excludes halogenated alkanes) is 39. The largest absolute Gasteiger partial charge is 0.756 e. The molecule has 0 aliphatic carbocycles. The molecular formula is C65H125N2O7P. The number of hydrogen-bond donors (Lipinski definition) is 1. The number of amides is 1. The molecule has 442 valence electrons. The van der Waals surface area contributed by atoms with E-state index in [2.05, 4.69) is 50.4 Å². The van der Waals surface area contributed by atoms with Crippen LogP contribution in [0.4, 0.5) is 0 Å². The topological polar surface area (TPSA) is 114 Å². The van der Waals surface area contributed by atoms with Gasteiger partial charge in [0.05, 0.1) is 33.8 Å². The van der Waals surface area contributed by atoms with Gasteiger partial charge in [0.25, 0.3) is 7.82 Å². The maximum absolute atomic E-state index is 13.5.